The molecule has 0 unspecified atom stereocenters. The van der Waals surface area contributed by atoms with Crippen LogP contribution in [0.4, 0.5) is 0 Å². The quantitative estimate of drug-likeness (QED) is 0.503. The molecule has 1 fully saturated rings. The molecule has 2 heterocycles. The van der Waals surface area contributed by atoms with Crippen molar-refractivity contribution in [2.45, 2.75) is 25.5 Å². The molecular weight excluding hydrogens is 319 g/mol. The van der Waals surface area contributed by atoms with Gasteiger partial charge >= 0.3 is 0 Å². The van der Waals surface area contributed by atoms with Crippen LogP contribution in [-0.2, 0) is 0 Å². The van der Waals surface area contributed by atoms with E-state index in [1.165, 1.54) is 4.57 Å². The first-order valence-electron chi connectivity index (χ1n) is 6.63. The zero-order valence-corrected chi connectivity index (χ0v) is 12.7. The summed E-state index contributed by atoms with van der Waals surface area (Å²) in [6.07, 6.45) is 6.70. The smallest absolute Gasteiger partial charge is 0.267 e. The Morgan fingerprint density at radius 2 is 2.25 bits per heavy atom. The summed E-state index contributed by atoms with van der Waals surface area (Å²) >= 11 is 3.39. The number of nitrogens with zero attached hydrogens (tertiary/aromatic N) is 2. The molecule has 2 rings (SSSR count). The normalized spacial score (nSPS) is 15.7. The monoisotopic (exact) mass is 334 g/mol. The third-order valence-electron chi connectivity index (χ3n) is 3.68. The van der Waals surface area contributed by atoms with Crippen LogP contribution in [0.25, 0.3) is 0 Å². The van der Waals surface area contributed by atoms with E-state index >= 15 is 0 Å². The molecule has 1 aromatic heterocycles. The zero-order valence-electron chi connectivity index (χ0n) is 11.1. The maximum atomic E-state index is 8.87. The van der Waals surface area contributed by atoms with Crippen molar-refractivity contribution in [3.8, 4) is 11.7 Å². The molecule has 104 valence electrons. The number of aromatic nitrogens is 1. The second kappa shape index (κ2) is 6.75. The van der Waals surface area contributed by atoms with Crippen molar-refractivity contribution in [2.75, 3.05) is 6.61 Å². The second-order valence-corrected chi connectivity index (χ2v) is 5.92. The summed E-state index contributed by atoms with van der Waals surface area (Å²) in [5.74, 6) is 3.45. The van der Waals surface area contributed by atoms with Crippen LogP contribution in [-0.4, -0.2) is 24.2 Å². The fourth-order valence-corrected chi connectivity index (χ4v) is 2.86. The number of nitriles is 1. The van der Waals surface area contributed by atoms with Crippen molar-refractivity contribution in [3.05, 3.63) is 22.2 Å². The number of nitrogens with one attached hydrogen (secondary N) is 2. The predicted octanol–water partition coefficient (Wildman–Crippen LogP) is 2.53. The highest BCUT2D eigenvalue weighted by Crippen LogP contribution is 2.27. The van der Waals surface area contributed by atoms with Gasteiger partial charge in [0.05, 0.1) is 17.4 Å². The SMILES string of the molecule is N#CB1CCC(COc2cc(=N)n(C=N)cc2Br)CC1. The summed E-state index contributed by atoms with van der Waals surface area (Å²) in [5, 5.41) is 23.8. The van der Waals surface area contributed by atoms with E-state index in [2.05, 4.69) is 21.9 Å². The average Bonchev–Trinajstić information content (AvgIpc) is 2.48. The Hall–Kier alpha value is -1.55. The number of pyridine rings is 1. The van der Waals surface area contributed by atoms with E-state index in [0.29, 0.717) is 18.3 Å². The van der Waals surface area contributed by atoms with E-state index in [4.69, 9.17) is 20.8 Å². The van der Waals surface area contributed by atoms with Crippen molar-refractivity contribution in [2.24, 2.45) is 5.92 Å². The van der Waals surface area contributed by atoms with Crippen LogP contribution in [0.15, 0.2) is 16.7 Å². The molecule has 1 aliphatic rings. The van der Waals surface area contributed by atoms with Gasteiger partial charge in [-0.3, -0.25) is 15.4 Å². The Bertz CT molecular complexity index is 587. The fraction of sp³-hybridized carbons (Fsp3) is 0.462. The minimum atomic E-state index is 0.209. The summed E-state index contributed by atoms with van der Waals surface area (Å²) in [7, 11) is 0. The standard InChI is InChI=1S/C13H16BBrN4O/c15-11-6-19(9-17)13(18)5-12(11)20-7-10-1-3-14(8-16)4-2-10/h5-6,9-10,17-18H,1-4,7H2. The molecule has 1 aliphatic heterocycles. The van der Waals surface area contributed by atoms with E-state index in [0.717, 1.165) is 36.3 Å². The molecule has 0 spiro atoms. The van der Waals surface area contributed by atoms with Crippen LogP contribution in [0, 0.1) is 28.0 Å². The first-order chi connectivity index (χ1) is 9.63. The van der Waals surface area contributed by atoms with E-state index in [9.17, 15) is 0 Å². The van der Waals surface area contributed by atoms with Crippen molar-refractivity contribution >= 4 is 29.0 Å². The van der Waals surface area contributed by atoms with E-state index in [-0.39, 0.29) is 12.2 Å². The van der Waals surface area contributed by atoms with Gasteiger partial charge in [-0.05, 0) is 21.8 Å². The van der Waals surface area contributed by atoms with Crippen LogP contribution < -0.4 is 10.2 Å². The molecule has 1 aromatic rings. The molecule has 5 nitrogen and oxygen atoms in total. The third kappa shape index (κ3) is 3.51. The van der Waals surface area contributed by atoms with Gasteiger partial charge in [0, 0.05) is 18.2 Å². The molecular formula is C13H16BBrN4O. The van der Waals surface area contributed by atoms with Crippen LogP contribution >= 0.6 is 15.9 Å². The van der Waals surface area contributed by atoms with Crippen LogP contribution in [0.5, 0.6) is 5.75 Å². The van der Waals surface area contributed by atoms with Crippen molar-refractivity contribution in [3.63, 3.8) is 0 Å². The van der Waals surface area contributed by atoms with Gasteiger partial charge in [-0.1, -0.05) is 25.5 Å². The maximum absolute atomic E-state index is 8.87. The summed E-state index contributed by atoms with van der Waals surface area (Å²) < 4.78 is 7.92. The van der Waals surface area contributed by atoms with E-state index < -0.39 is 0 Å². The lowest BCUT2D eigenvalue weighted by Crippen LogP contribution is -2.24. The zero-order chi connectivity index (χ0) is 14.5. The van der Waals surface area contributed by atoms with Gasteiger partial charge in [-0.25, -0.2) is 5.26 Å². The molecule has 0 atom stereocenters. The van der Waals surface area contributed by atoms with Crippen LogP contribution in [0.1, 0.15) is 12.8 Å². The summed E-state index contributed by atoms with van der Waals surface area (Å²) in [5.41, 5.74) is 0.214. The van der Waals surface area contributed by atoms with Gasteiger partial charge in [0.1, 0.15) is 11.2 Å². The molecule has 0 amide bonds. The van der Waals surface area contributed by atoms with Gasteiger partial charge in [0.25, 0.3) is 6.71 Å². The Balaban J connectivity index is 1.95. The maximum Gasteiger partial charge on any atom is 0.267 e. The van der Waals surface area contributed by atoms with Crippen molar-refractivity contribution in [1.29, 1.82) is 16.1 Å². The predicted molar refractivity (Wildman–Crippen MR) is 81.4 cm³/mol. The molecule has 0 aliphatic carbocycles. The minimum Gasteiger partial charge on any atom is -0.492 e. The lowest BCUT2D eigenvalue weighted by Gasteiger charge is -2.23. The summed E-state index contributed by atoms with van der Waals surface area (Å²) in [6, 6.07) is 1.61. The summed E-state index contributed by atoms with van der Waals surface area (Å²) in [6.45, 7) is 0.825. The topological polar surface area (TPSA) is 85.7 Å². The number of hydrogen-bond donors (Lipinski definition) is 2. The molecule has 1 saturated heterocycles. The summed E-state index contributed by atoms with van der Waals surface area (Å²) in [4.78, 5) is 0. The first kappa shape index (κ1) is 14.9. The fourth-order valence-electron chi connectivity index (χ4n) is 2.41. The Kier molecular flexibility index (Phi) is 5.02. The largest absolute Gasteiger partial charge is 0.492 e. The number of rotatable bonds is 4. The molecule has 2 N–H and O–H groups in total. The van der Waals surface area contributed by atoms with Gasteiger partial charge in [0.2, 0.25) is 0 Å². The van der Waals surface area contributed by atoms with Gasteiger partial charge in [-0.15, -0.1) is 0 Å². The first-order valence-corrected chi connectivity index (χ1v) is 7.42. The molecule has 0 saturated carbocycles. The van der Waals surface area contributed by atoms with Crippen molar-refractivity contribution < 1.29 is 4.74 Å². The highest BCUT2D eigenvalue weighted by atomic mass is 79.9. The lowest BCUT2D eigenvalue weighted by atomic mass is 9.42. The van der Waals surface area contributed by atoms with Crippen molar-refractivity contribution in [1.82, 2.24) is 4.57 Å². The van der Waals surface area contributed by atoms with Gasteiger partial charge in [-0.2, -0.15) is 0 Å². The molecule has 7 heteroatoms. The molecule has 0 aromatic carbocycles. The Morgan fingerprint density at radius 1 is 1.55 bits per heavy atom. The van der Waals surface area contributed by atoms with E-state index in [1.807, 2.05) is 0 Å². The number of ether oxygens (including phenoxy) is 1. The van der Waals surface area contributed by atoms with Crippen LogP contribution in [0.3, 0.4) is 0 Å². The highest BCUT2D eigenvalue weighted by molar-refractivity contribution is 9.10. The third-order valence-corrected chi connectivity index (χ3v) is 4.27. The minimum absolute atomic E-state index is 0.209. The molecule has 20 heavy (non-hydrogen) atoms. The number of halogens is 1. The lowest BCUT2D eigenvalue weighted by molar-refractivity contribution is 0.235. The molecule has 0 radical (unpaired) electrons. The average molecular weight is 335 g/mol. The Labute approximate surface area is 126 Å². The van der Waals surface area contributed by atoms with Gasteiger partial charge < -0.3 is 4.74 Å². The van der Waals surface area contributed by atoms with Gasteiger partial charge in [0.15, 0.2) is 0 Å². The van der Waals surface area contributed by atoms with Crippen LogP contribution in [0.2, 0.25) is 12.6 Å². The molecule has 0 bridgehead atoms. The van der Waals surface area contributed by atoms with E-state index in [1.54, 1.807) is 12.3 Å². The highest BCUT2D eigenvalue weighted by Gasteiger charge is 2.24. The number of hydrogen-bond acceptors (Lipinski definition) is 4. The second-order valence-electron chi connectivity index (χ2n) is 5.06. The Morgan fingerprint density at radius 3 is 2.85 bits per heavy atom.